The van der Waals surface area contributed by atoms with Crippen molar-refractivity contribution in [2.24, 2.45) is 16.8 Å². The van der Waals surface area contributed by atoms with Crippen molar-refractivity contribution in [2.45, 2.75) is 33.4 Å². The maximum Gasteiger partial charge on any atom is 0.337 e. The Morgan fingerprint density at radius 3 is 2.61 bits per heavy atom. The summed E-state index contributed by atoms with van der Waals surface area (Å²) in [5.41, 5.74) is 5.72. The summed E-state index contributed by atoms with van der Waals surface area (Å²) >= 11 is 0. The third-order valence-electron chi connectivity index (χ3n) is 2.64. The molecule has 0 saturated heterocycles. The topological polar surface area (TPSA) is 94.2 Å². The normalized spacial score (nSPS) is 23.5. The minimum atomic E-state index is -0.699. The van der Waals surface area contributed by atoms with Crippen LogP contribution in [0.15, 0.2) is 5.10 Å². The molecule has 18 heavy (non-hydrogen) atoms. The van der Waals surface area contributed by atoms with E-state index in [0.717, 1.165) is 5.01 Å². The molecule has 0 aromatic rings. The lowest BCUT2D eigenvalue weighted by atomic mass is 9.98. The Hall–Kier alpha value is -1.63. The first-order chi connectivity index (χ1) is 8.51. The van der Waals surface area contributed by atoms with E-state index in [1.54, 1.807) is 20.8 Å². The zero-order valence-electron chi connectivity index (χ0n) is 10.9. The van der Waals surface area contributed by atoms with Crippen LogP contribution in [0.1, 0.15) is 27.2 Å². The highest BCUT2D eigenvalue weighted by Crippen LogP contribution is 2.23. The van der Waals surface area contributed by atoms with Crippen LogP contribution in [0.4, 0.5) is 4.79 Å². The Morgan fingerprint density at radius 2 is 2.11 bits per heavy atom. The number of rotatable bonds is 4. The molecule has 0 bridgehead atoms. The second-order valence-corrected chi connectivity index (χ2v) is 3.87. The number of hydrogen-bond acceptors (Lipinski definition) is 5. The molecule has 1 heterocycles. The maximum absolute atomic E-state index is 11.7. The number of hydrazone groups is 1. The van der Waals surface area contributed by atoms with Crippen molar-refractivity contribution in [1.82, 2.24) is 5.01 Å². The highest BCUT2D eigenvalue weighted by atomic mass is 16.5. The van der Waals surface area contributed by atoms with Crippen LogP contribution in [0.2, 0.25) is 0 Å². The number of carbonyl (C=O) groups is 2. The molecule has 0 unspecified atom stereocenters. The van der Waals surface area contributed by atoms with Gasteiger partial charge in [-0.2, -0.15) is 10.1 Å². The summed E-state index contributed by atoms with van der Waals surface area (Å²) in [7, 11) is 0. The van der Waals surface area contributed by atoms with Gasteiger partial charge in [-0.3, -0.25) is 4.79 Å². The molecule has 1 aliphatic heterocycles. The van der Waals surface area contributed by atoms with Gasteiger partial charge in [-0.25, -0.2) is 4.79 Å². The molecule has 1 rings (SSSR count). The Balaban J connectivity index is 2.89. The standard InChI is InChI=1S/C11H19N3O4/c1-4-17-9-6-8(10(15)18-5-2)7(3)13-14(9)11(12)16/h8-9H,4-6H2,1-3H3,(H2,12,16)/t8-,9+/m0/s1. The Morgan fingerprint density at radius 1 is 1.44 bits per heavy atom. The van der Waals surface area contributed by atoms with E-state index < -0.39 is 18.2 Å². The van der Waals surface area contributed by atoms with Gasteiger partial charge >= 0.3 is 12.0 Å². The first-order valence-corrected chi connectivity index (χ1v) is 5.93. The number of nitrogens with two attached hydrogens (primary N) is 1. The number of primary amides is 1. The highest BCUT2D eigenvalue weighted by molar-refractivity contribution is 6.01. The molecule has 2 atom stereocenters. The van der Waals surface area contributed by atoms with Crippen molar-refractivity contribution in [3.05, 3.63) is 0 Å². The summed E-state index contributed by atoms with van der Waals surface area (Å²) in [4.78, 5) is 23.0. The van der Waals surface area contributed by atoms with Gasteiger partial charge in [0.25, 0.3) is 0 Å². The van der Waals surface area contributed by atoms with Crippen molar-refractivity contribution < 1.29 is 19.1 Å². The second-order valence-electron chi connectivity index (χ2n) is 3.87. The predicted octanol–water partition coefficient (Wildman–Crippen LogP) is 0.689. The summed E-state index contributed by atoms with van der Waals surface area (Å²) in [5, 5.41) is 5.08. The predicted molar refractivity (Wildman–Crippen MR) is 64.7 cm³/mol. The lowest BCUT2D eigenvalue weighted by molar-refractivity contribution is -0.148. The van der Waals surface area contributed by atoms with Gasteiger partial charge in [0.1, 0.15) is 5.92 Å². The summed E-state index contributed by atoms with van der Waals surface area (Å²) < 4.78 is 10.3. The van der Waals surface area contributed by atoms with E-state index >= 15 is 0 Å². The molecule has 1 aliphatic rings. The molecular weight excluding hydrogens is 238 g/mol. The third-order valence-corrected chi connectivity index (χ3v) is 2.64. The molecule has 0 fully saturated rings. The molecule has 0 aliphatic carbocycles. The van der Waals surface area contributed by atoms with Crippen LogP contribution in [0.3, 0.4) is 0 Å². The maximum atomic E-state index is 11.7. The number of esters is 1. The first-order valence-electron chi connectivity index (χ1n) is 5.93. The number of carbonyl (C=O) groups excluding carboxylic acids is 2. The van der Waals surface area contributed by atoms with Crippen LogP contribution in [-0.2, 0) is 14.3 Å². The van der Waals surface area contributed by atoms with E-state index in [1.165, 1.54) is 0 Å². The van der Waals surface area contributed by atoms with E-state index in [9.17, 15) is 9.59 Å². The number of amides is 2. The lowest BCUT2D eigenvalue weighted by Gasteiger charge is -2.33. The number of ether oxygens (including phenoxy) is 2. The molecule has 7 heteroatoms. The third kappa shape index (κ3) is 3.19. The summed E-state index contributed by atoms with van der Waals surface area (Å²) in [6.07, 6.45) is -0.309. The van der Waals surface area contributed by atoms with Gasteiger partial charge < -0.3 is 15.2 Å². The number of urea groups is 1. The molecule has 0 radical (unpaired) electrons. The number of hydrogen-bond donors (Lipinski definition) is 1. The van der Waals surface area contributed by atoms with Gasteiger partial charge in [0, 0.05) is 13.0 Å². The van der Waals surface area contributed by atoms with Gasteiger partial charge in [0.15, 0.2) is 6.23 Å². The van der Waals surface area contributed by atoms with Gasteiger partial charge in [-0.15, -0.1) is 0 Å². The van der Waals surface area contributed by atoms with E-state index in [4.69, 9.17) is 15.2 Å². The van der Waals surface area contributed by atoms with Crippen LogP contribution in [-0.4, -0.2) is 42.2 Å². The smallest absolute Gasteiger partial charge is 0.337 e. The van der Waals surface area contributed by atoms with Crippen molar-refractivity contribution in [3.8, 4) is 0 Å². The Labute approximate surface area is 106 Å². The largest absolute Gasteiger partial charge is 0.465 e. The monoisotopic (exact) mass is 257 g/mol. The highest BCUT2D eigenvalue weighted by Gasteiger charge is 2.36. The minimum Gasteiger partial charge on any atom is -0.465 e. The molecule has 7 nitrogen and oxygen atoms in total. The fraction of sp³-hybridized carbons (Fsp3) is 0.727. The van der Waals surface area contributed by atoms with E-state index in [1.807, 2.05) is 0 Å². The van der Waals surface area contributed by atoms with Crippen molar-refractivity contribution in [1.29, 1.82) is 0 Å². The SMILES string of the molecule is CCOC(=O)[C@H]1C[C@@H](OCC)N(C(N)=O)N=C1C. The molecule has 102 valence electrons. The van der Waals surface area contributed by atoms with Gasteiger partial charge in [-0.1, -0.05) is 0 Å². The molecular formula is C11H19N3O4. The molecule has 2 amide bonds. The fourth-order valence-electron chi connectivity index (χ4n) is 1.81. The van der Waals surface area contributed by atoms with Crippen LogP contribution in [0, 0.1) is 5.92 Å². The molecule has 2 N–H and O–H groups in total. The molecule has 0 spiro atoms. The van der Waals surface area contributed by atoms with Gasteiger partial charge in [0.2, 0.25) is 0 Å². The average molecular weight is 257 g/mol. The minimum absolute atomic E-state index is 0.307. The average Bonchev–Trinajstić information content (AvgIpc) is 2.31. The quantitative estimate of drug-likeness (QED) is 0.749. The zero-order chi connectivity index (χ0) is 13.7. The fourth-order valence-corrected chi connectivity index (χ4v) is 1.81. The van der Waals surface area contributed by atoms with E-state index in [2.05, 4.69) is 5.10 Å². The lowest BCUT2D eigenvalue weighted by Crippen LogP contribution is -2.48. The van der Waals surface area contributed by atoms with Crippen LogP contribution in [0.25, 0.3) is 0 Å². The van der Waals surface area contributed by atoms with Crippen molar-refractivity contribution in [3.63, 3.8) is 0 Å². The van der Waals surface area contributed by atoms with Crippen LogP contribution < -0.4 is 5.73 Å². The second kappa shape index (κ2) is 6.34. The van der Waals surface area contributed by atoms with Crippen LogP contribution >= 0.6 is 0 Å². The van der Waals surface area contributed by atoms with Crippen LogP contribution in [0.5, 0.6) is 0 Å². The van der Waals surface area contributed by atoms with Crippen molar-refractivity contribution >= 4 is 17.7 Å². The summed E-state index contributed by atoms with van der Waals surface area (Å²) in [6.45, 7) is 5.91. The Kier molecular flexibility index (Phi) is 5.08. The summed E-state index contributed by atoms with van der Waals surface area (Å²) in [6, 6.07) is -0.699. The molecule has 0 aromatic carbocycles. The zero-order valence-corrected chi connectivity index (χ0v) is 10.9. The van der Waals surface area contributed by atoms with E-state index in [-0.39, 0.29) is 5.97 Å². The van der Waals surface area contributed by atoms with Crippen molar-refractivity contribution in [2.75, 3.05) is 13.2 Å². The summed E-state index contributed by atoms with van der Waals surface area (Å²) in [5.74, 6) is -0.843. The number of nitrogens with zero attached hydrogens (tertiary/aromatic N) is 2. The molecule has 0 aromatic heterocycles. The van der Waals surface area contributed by atoms with Gasteiger partial charge in [0.05, 0.1) is 12.3 Å². The Bertz CT molecular complexity index is 356. The molecule has 0 saturated carbocycles. The first kappa shape index (κ1) is 14.4. The van der Waals surface area contributed by atoms with Gasteiger partial charge in [-0.05, 0) is 20.8 Å². The van der Waals surface area contributed by atoms with E-state index in [0.29, 0.717) is 25.3 Å².